The normalized spacial score (nSPS) is 15.4. The third kappa shape index (κ3) is 2.73. The van der Waals surface area contributed by atoms with Crippen LogP contribution in [0.3, 0.4) is 0 Å². The van der Waals surface area contributed by atoms with Gasteiger partial charge in [-0.1, -0.05) is 41.4 Å². The van der Waals surface area contributed by atoms with E-state index in [2.05, 4.69) is 5.32 Å². The summed E-state index contributed by atoms with van der Waals surface area (Å²) in [6.07, 6.45) is 2.53. The molecule has 0 fully saturated rings. The summed E-state index contributed by atoms with van der Waals surface area (Å²) in [5.74, 6) is 0. The molecule has 4 rings (SSSR count). The first-order valence-electron chi connectivity index (χ1n) is 7.74. The molecule has 26 heavy (non-hydrogen) atoms. The van der Waals surface area contributed by atoms with Crippen molar-refractivity contribution in [2.24, 2.45) is 0 Å². The lowest BCUT2D eigenvalue weighted by Crippen LogP contribution is -2.31. The SMILES string of the molecule is O=c1n(C2=CCNCC2)c2ccccc2n1S(=O)(=O)c1cc(Cl)c(Cl)s1. The van der Waals surface area contributed by atoms with Gasteiger partial charge in [0.1, 0.15) is 8.55 Å². The van der Waals surface area contributed by atoms with Crippen molar-refractivity contribution >= 4 is 61.3 Å². The van der Waals surface area contributed by atoms with E-state index >= 15 is 0 Å². The highest BCUT2D eigenvalue weighted by atomic mass is 35.5. The Hall–Kier alpha value is -1.58. The lowest BCUT2D eigenvalue weighted by Gasteiger charge is -2.14. The number of fused-ring (bicyclic) bond motifs is 1. The van der Waals surface area contributed by atoms with Crippen LogP contribution in [0.25, 0.3) is 16.7 Å². The maximum Gasteiger partial charge on any atom is 0.347 e. The number of aromatic nitrogens is 2. The van der Waals surface area contributed by atoms with Gasteiger partial charge in [0.15, 0.2) is 0 Å². The molecule has 0 amide bonds. The van der Waals surface area contributed by atoms with Crippen molar-refractivity contribution in [1.82, 2.24) is 13.9 Å². The second kappa shape index (κ2) is 6.54. The molecule has 1 N–H and O–H groups in total. The molecule has 0 spiro atoms. The summed E-state index contributed by atoms with van der Waals surface area (Å²) in [6, 6.07) is 8.09. The highest BCUT2D eigenvalue weighted by molar-refractivity contribution is 7.92. The number of benzene rings is 1. The minimum atomic E-state index is -4.13. The Morgan fingerprint density at radius 2 is 1.88 bits per heavy atom. The predicted molar refractivity (Wildman–Crippen MR) is 105 cm³/mol. The fourth-order valence-corrected chi connectivity index (χ4v) is 6.34. The van der Waals surface area contributed by atoms with Crippen LogP contribution in [-0.2, 0) is 10.0 Å². The van der Waals surface area contributed by atoms with Crippen LogP contribution in [0, 0.1) is 0 Å². The number of thiophene rings is 1. The average molecular weight is 430 g/mol. The second-order valence-electron chi connectivity index (χ2n) is 5.71. The minimum absolute atomic E-state index is 0.0724. The Morgan fingerprint density at radius 1 is 1.15 bits per heavy atom. The van der Waals surface area contributed by atoms with Crippen molar-refractivity contribution in [3.05, 3.63) is 56.3 Å². The van der Waals surface area contributed by atoms with Crippen LogP contribution in [0.5, 0.6) is 0 Å². The molecule has 136 valence electrons. The molecular formula is C16H13Cl2N3O3S2. The van der Waals surface area contributed by atoms with E-state index in [9.17, 15) is 13.2 Å². The van der Waals surface area contributed by atoms with Crippen molar-refractivity contribution < 1.29 is 8.42 Å². The highest BCUT2D eigenvalue weighted by Crippen LogP contribution is 2.35. The number of nitrogens with zero attached hydrogens (tertiary/aromatic N) is 2. The molecule has 1 aliphatic rings. The van der Waals surface area contributed by atoms with Gasteiger partial charge < -0.3 is 5.32 Å². The predicted octanol–water partition coefficient (Wildman–Crippen LogP) is 3.24. The summed E-state index contributed by atoms with van der Waals surface area (Å²) < 4.78 is 28.7. The fraction of sp³-hybridized carbons (Fsp3) is 0.188. The zero-order chi connectivity index (χ0) is 18.5. The van der Waals surface area contributed by atoms with Gasteiger partial charge in [0.2, 0.25) is 0 Å². The van der Waals surface area contributed by atoms with Gasteiger partial charge in [0.25, 0.3) is 10.0 Å². The lowest BCUT2D eigenvalue weighted by molar-refractivity contribution is 0.588. The van der Waals surface area contributed by atoms with E-state index < -0.39 is 15.7 Å². The fourth-order valence-electron chi connectivity index (χ4n) is 2.99. The Morgan fingerprint density at radius 3 is 2.50 bits per heavy atom. The van der Waals surface area contributed by atoms with E-state index in [1.807, 2.05) is 6.08 Å². The second-order valence-corrected chi connectivity index (χ2v) is 9.79. The molecule has 0 radical (unpaired) electrons. The Labute approximate surface area is 163 Å². The van der Waals surface area contributed by atoms with Crippen LogP contribution < -0.4 is 11.0 Å². The van der Waals surface area contributed by atoms with Crippen LogP contribution in [0.2, 0.25) is 9.36 Å². The maximum absolute atomic E-state index is 13.1. The van der Waals surface area contributed by atoms with Crippen LogP contribution in [0.1, 0.15) is 6.42 Å². The number of halogens is 2. The molecule has 0 saturated carbocycles. The van der Waals surface area contributed by atoms with Gasteiger partial charge in [0.05, 0.1) is 16.1 Å². The van der Waals surface area contributed by atoms with Crippen LogP contribution in [-0.4, -0.2) is 30.0 Å². The zero-order valence-electron chi connectivity index (χ0n) is 13.3. The third-order valence-corrected chi connectivity index (χ3v) is 8.15. The number of hydrogen-bond donors (Lipinski definition) is 1. The van der Waals surface area contributed by atoms with Gasteiger partial charge >= 0.3 is 5.69 Å². The first kappa shape index (κ1) is 17.8. The van der Waals surface area contributed by atoms with E-state index in [4.69, 9.17) is 23.2 Å². The Balaban J connectivity index is 2.04. The largest absolute Gasteiger partial charge is 0.347 e. The molecule has 1 aliphatic heterocycles. The van der Waals surface area contributed by atoms with Gasteiger partial charge in [-0.25, -0.2) is 4.79 Å². The summed E-state index contributed by atoms with van der Waals surface area (Å²) in [6.45, 7) is 1.35. The number of hydrogen-bond acceptors (Lipinski definition) is 5. The monoisotopic (exact) mass is 429 g/mol. The molecule has 1 aromatic carbocycles. The standard InChI is InChI=1S/C16H13Cl2N3O3S2/c17-11-9-14(25-15(11)18)26(23,24)21-13-4-2-1-3-12(13)20(16(21)22)10-5-7-19-8-6-10/h1-5,9,19H,6-8H2. The lowest BCUT2D eigenvalue weighted by atomic mass is 10.2. The number of rotatable bonds is 3. The van der Waals surface area contributed by atoms with E-state index in [0.717, 1.165) is 27.6 Å². The molecule has 0 bridgehead atoms. The summed E-state index contributed by atoms with van der Waals surface area (Å²) in [7, 11) is -4.13. The molecule has 0 unspecified atom stereocenters. The molecule has 0 aliphatic carbocycles. The van der Waals surface area contributed by atoms with Gasteiger partial charge in [0, 0.05) is 25.2 Å². The summed E-state index contributed by atoms with van der Waals surface area (Å²) >= 11 is 12.7. The summed E-state index contributed by atoms with van der Waals surface area (Å²) in [5, 5.41) is 3.33. The van der Waals surface area contributed by atoms with E-state index in [1.165, 1.54) is 10.6 Å². The number of nitrogens with one attached hydrogen (secondary N) is 1. The van der Waals surface area contributed by atoms with Crippen LogP contribution in [0.4, 0.5) is 0 Å². The Bertz CT molecular complexity index is 1190. The molecule has 10 heteroatoms. The molecular weight excluding hydrogens is 417 g/mol. The van der Waals surface area contributed by atoms with Crippen molar-refractivity contribution in [2.45, 2.75) is 10.6 Å². The van der Waals surface area contributed by atoms with Crippen molar-refractivity contribution in [3.8, 4) is 0 Å². The van der Waals surface area contributed by atoms with Crippen molar-refractivity contribution in [1.29, 1.82) is 0 Å². The van der Waals surface area contributed by atoms with Crippen LogP contribution >= 0.6 is 34.5 Å². The first-order chi connectivity index (χ1) is 12.4. The van der Waals surface area contributed by atoms with Gasteiger partial charge in [-0.05, 0) is 18.2 Å². The van der Waals surface area contributed by atoms with E-state index in [0.29, 0.717) is 24.0 Å². The smallest absolute Gasteiger partial charge is 0.313 e. The van der Waals surface area contributed by atoms with Gasteiger partial charge in [-0.15, -0.1) is 11.3 Å². The molecule has 0 saturated heterocycles. The van der Waals surface area contributed by atoms with Crippen LogP contribution in [0.15, 0.2) is 45.4 Å². The minimum Gasteiger partial charge on any atom is -0.313 e. The quantitative estimate of drug-likeness (QED) is 0.693. The van der Waals surface area contributed by atoms with E-state index in [1.54, 1.807) is 24.3 Å². The molecule has 2 aromatic heterocycles. The topological polar surface area (TPSA) is 73.1 Å². The molecule has 6 nitrogen and oxygen atoms in total. The highest BCUT2D eigenvalue weighted by Gasteiger charge is 2.28. The number of imidazole rings is 1. The molecule has 3 heterocycles. The third-order valence-electron chi connectivity index (χ3n) is 4.15. The molecule has 0 atom stereocenters. The zero-order valence-corrected chi connectivity index (χ0v) is 16.4. The van der Waals surface area contributed by atoms with Crippen molar-refractivity contribution in [2.75, 3.05) is 13.1 Å². The number of para-hydroxylation sites is 2. The molecule has 3 aromatic rings. The van der Waals surface area contributed by atoms with E-state index in [-0.39, 0.29) is 13.6 Å². The van der Waals surface area contributed by atoms with Gasteiger partial charge in [-0.3, -0.25) is 4.57 Å². The van der Waals surface area contributed by atoms with Crippen molar-refractivity contribution in [3.63, 3.8) is 0 Å². The summed E-state index contributed by atoms with van der Waals surface area (Å²) in [5.41, 5.74) is 1.02. The maximum atomic E-state index is 13.1. The summed E-state index contributed by atoms with van der Waals surface area (Å²) in [4.78, 5) is 13.1. The Kier molecular flexibility index (Phi) is 4.48. The van der Waals surface area contributed by atoms with Gasteiger partial charge in [-0.2, -0.15) is 12.4 Å². The average Bonchev–Trinajstić information content (AvgIpc) is 3.12. The first-order valence-corrected chi connectivity index (χ1v) is 10.8.